The molecule has 0 saturated heterocycles. The summed E-state index contributed by atoms with van der Waals surface area (Å²) in [6.45, 7) is 0.230. The molecule has 3 rings (SSSR count). The highest BCUT2D eigenvalue weighted by Gasteiger charge is 2.67. The maximum atomic E-state index is 11.7. The molecular formula is C15H17NO4. The van der Waals surface area contributed by atoms with E-state index in [4.69, 9.17) is 4.74 Å². The summed E-state index contributed by atoms with van der Waals surface area (Å²) in [6, 6.07) is 9.39. The van der Waals surface area contributed by atoms with E-state index in [0.29, 0.717) is 12.8 Å². The fourth-order valence-corrected chi connectivity index (χ4v) is 3.20. The molecule has 20 heavy (non-hydrogen) atoms. The molecule has 2 fully saturated rings. The first kappa shape index (κ1) is 13.0. The third-order valence-corrected chi connectivity index (χ3v) is 4.46. The first-order valence-corrected chi connectivity index (χ1v) is 6.82. The molecular weight excluding hydrogens is 258 g/mol. The van der Waals surface area contributed by atoms with Gasteiger partial charge in [-0.3, -0.25) is 4.79 Å². The molecule has 1 aromatic carbocycles. The molecule has 2 aliphatic carbocycles. The summed E-state index contributed by atoms with van der Waals surface area (Å²) in [5, 5.41) is 12.0. The van der Waals surface area contributed by atoms with Crippen molar-refractivity contribution < 1.29 is 19.4 Å². The lowest BCUT2D eigenvalue weighted by Gasteiger charge is -2.14. The van der Waals surface area contributed by atoms with Crippen molar-refractivity contribution in [2.45, 2.75) is 31.9 Å². The van der Waals surface area contributed by atoms with Gasteiger partial charge in [-0.05, 0) is 30.7 Å². The molecule has 0 aromatic heterocycles. The number of carboxylic acids is 1. The largest absolute Gasteiger partial charge is 0.481 e. The zero-order chi connectivity index (χ0) is 14.2. The molecule has 5 nitrogen and oxygen atoms in total. The van der Waals surface area contributed by atoms with Crippen LogP contribution in [0.3, 0.4) is 0 Å². The average molecular weight is 275 g/mol. The number of carboxylic acid groups (broad SMARTS) is 1. The summed E-state index contributed by atoms with van der Waals surface area (Å²) in [5.41, 5.74) is 0.359. The molecule has 0 unspecified atom stereocenters. The minimum absolute atomic E-state index is 0.0608. The molecule has 0 aliphatic heterocycles. The molecule has 3 atom stereocenters. The van der Waals surface area contributed by atoms with Crippen LogP contribution in [0.2, 0.25) is 0 Å². The Balaban J connectivity index is 1.48. The number of nitrogens with one attached hydrogen (secondary N) is 1. The highest BCUT2D eigenvalue weighted by molar-refractivity contribution is 5.80. The number of fused-ring (bicyclic) bond motifs is 1. The van der Waals surface area contributed by atoms with Crippen molar-refractivity contribution in [3.63, 3.8) is 0 Å². The standard InChI is InChI=1S/C15H17NO4/c17-13(18)15-7-6-12(11(15)8-15)16-14(19)20-9-10-4-2-1-3-5-10/h1-5,11-12H,6-9H2,(H,16,19)(H,17,18)/t11-,12+,15+/m0/s1. The topological polar surface area (TPSA) is 75.6 Å². The second-order valence-electron chi connectivity index (χ2n) is 5.62. The van der Waals surface area contributed by atoms with Crippen molar-refractivity contribution in [3.8, 4) is 0 Å². The van der Waals surface area contributed by atoms with Crippen LogP contribution in [0.1, 0.15) is 24.8 Å². The number of hydrogen-bond donors (Lipinski definition) is 2. The molecule has 5 heteroatoms. The molecule has 2 N–H and O–H groups in total. The van der Waals surface area contributed by atoms with Crippen molar-refractivity contribution in [2.24, 2.45) is 11.3 Å². The molecule has 106 valence electrons. The van der Waals surface area contributed by atoms with E-state index in [2.05, 4.69) is 5.32 Å². The van der Waals surface area contributed by atoms with Crippen molar-refractivity contribution in [2.75, 3.05) is 0 Å². The first-order chi connectivity index (χ1) is 9.62. The molecule has 2 saturated carbocycles. The minimum Gasteiger partial charge on any atom is -0.481 e. The van der Waals surface area contributed by atoms with Gasteiger partial charge in [-0.2, -0.15) is 0 Å². The Hall–Kier alpha value is -2.04. The van der Waals surface area contributed by atoms with E-state index in [-0.39, 0.29) is 18.6 Å². The molecule has 0 heterocycles. The number of ether oxygens (including phenoxy) is 1. The van der Waals surface area contributed by atoms with Crippen LogP contribution in [0, 0.1) is 11.3 Å². The van der Waals surface area contributed by atoms with Crippen LogP contribution in [-0.2, 0) is 16.1 Å². The summed E-state index contributed by atoms with van der Waals surface area (Å²) in [7, 11) is 0. The smallest absolute Gasteiger partial charge is 0.407 e. The van der Waals surface area contributed by atoms with E-state index in [1.165, 1.54) is 0 Å². The van der Waals surface area contributed by atoms with E-state index in [0.717, 1.165) is 12.0 Å². The molecule has 0 radical (unpaired) electrons. The number of aliphatic carboxylic acids is 1. The van der Waals surface area contributed by atoms with Gasteiger partial charge < -0.3 is 15.2 Å². The molecule has 2 aliphatic rings. The van der Waals surface area contributed by atoms with Gasteiger partial charge in [-0.25, -0.2) is 4.79 Å². The third-order valence-electron chi connectivity index (χ3n) is 4.46. The second-order valence-corrected chi connectivity index (χ2v) is 5.62. The van der Waals surface area contributed by atoms with Gasteiger partial charge in [0, 0.05) is 6.04 Å². The van der Waals surface area contributed by atoms with E-state index in [1.807, 2.05) is 30.3 Å². The third kappa shape index (κ3) is 2.24. The van der Waals surface area contributed by atoms with Gasteiger partial charge in [0.15, 0.2) is 0 Å². The summed E-state index contributed by atoms with van der Waals surface area (Å²) in [4.78, 5) is 22.9. The van der Waals surface area contributed by atoms with Gasteiger partial charge in [0.1, 0.15) is 6.61 Å². The van der Waals surface area contributed by atoms with Crippen molar-refractivity contribution in [1.29, 1.82) is 0 Å². The SMILES string of the molecule is O=C(N[C@@H]1CC[C@@]2(C(=O)O)C[C@@H]12)OCc1ccccc1. The fraction of sp³-hybridized carbons (Fsp3) is 0.467. The number of hydrogen-bond acceptors (Lipinski definition) is 3. The van der Waals surface area contributed by atoms with E-state index >= 15 is 0 Å². The van der Waals surface area contributed by atoms with Gasteiger partial charge in [0.25, 0.3) is 0 Å². The normalized spacial score (nSPS) is 30.4. The molecule has 1 amide bonds. The number of rotatable bonds is 4. The molecule has 1 aromatic rings. The van der Waals surface area contributed by atoms with Crippen LogP contribution in [-0.4, -0.2) is 23.2 Å². The van der Waals surface area contributed by atoms with Crippen molar-refractivity contribution in [3.05, 3.63) is 35.9 Å². The van der Waals surface area contributed by atoms with E-state index in [9.17, 15) is 14.7 Å². The van der Waals surface area contributed by atoms with Gasteiger partial charge in [0.2, 0.25) is 0 Å². The van der Waals surface area contributed by atoms with Crippen molar-refractivity contribution >= 4 is 12.1 Å². The number of amides is 1. The second kappa shape index (κ2) is 4.81. The summed E-state index contributed by atoms with van der Waals surface area (Å²) >= 11 is 0. The fourth-order valence-electron chi connectivity index (χ4n) is 3.20. The number of carbonyl (C=O) groups excluding carboxylic acids is 1. The van der Waals surface area contributed by atoms with Crippen LogP contribution in [0.25, 0.3) is 0 Å². The van der Waals surface area contributed by atoms with Crippen LogP contribution >= 0.6 is 0 Å². The monoisotopic (exact) mass is 275 g/mol. The Kier molecular flexibility index (Phi) is 3.12. The summed E-state index contributed by atoms with van der Waals surface area (Å²) < 4.78 is 5.15. The number of benzene rings is 1. The van der Waals surface area contributed by atoms with Crippen LogP contribution in [0.15, 0.2) is 30.3 Å². The predicted molar refractivity (Wildman–Crippen MR) is 71.0 cm³/mol. The lowest BCUT2D eigenvalue weighted by molar-refractivity contribution is -0.143. The van der Waals surface area contributed by atoms with Gasteiger partial charge in [-0.15, -0.1) is 0 Å². The summed E-state index contributed by atoms with van der Waals surface area (Å²) in [5.74, 6) is -0.659. The highest BCUT2D eigenvalue weighted by Crippen LogP contribution is 2.63. The molecule has 0 bridgehead atoms. The van der Waals surface area contributed by atoms with Crippen LogP contribution in [0.5, 0.6) is 0 Å². The Bertz CT molecular complexity index is 530. The van der Waals surface area contributed by atoms with Crippen LogP contribution < -0.4 is 5.32 Å². The van der Waals surface area contributed by atoms with Gasteiger partial charge in [0.05, 0.1) is 5.41 Å². The van der Waals surface area contributed by atoms with E-state index < -0.39 is 17.5 Å². The zero-order valence-electron chi connectivity index (χ0n) is 11.0. The summed E-state index contributed by atoms with van der Waals surface area (Å²) in [6.07, 6.45) is 1.58. The Labute approximate surface area is 116 Å². The Morgan fingerprint density at radius 3 is 2.70 bits per heavy atom. The highest BCUT2D eigenvalue weighted by atomic mass is 16.5. The Morgan fingerprint density at radius 1 is 1.35 bits per heavy atom. The maximum absolute atomic E-state index is 11.7. The number of carbonyl (C=O) groups is 2. The van der Waals surface area contributed by atoms with Crippen LogP contribution in [0.4, 0.5) is 4.79 Å². The maximum Gasteiger partial charge on any atom is 0.407 e. The Morgan fingerprint density at radius 2 is 2.10 bits per heavy atom. The van der Waals surface area contributed by atoms with Gasteiger partial charge >= 0.3 is 12.1 Å². The molecule has 0 spiro atoms. The van der Waals surface area contributed by atoms with E-state index in [1.54, 1.807) is 0 Å². The van der Waals surface area contributed by atoms with Gasteiger partial charge in [-0.1, -0.05) is 30.3 Å². The minimum atomic E-state index is -0.732. The number of alkyl carbamates (subject to hydrolysis) is 1. The first-order valence-electron chi connectivity index (χ1n) is 6.82. The lowest BCUT2D eigenvalue weighted by atomic mass is 10.1. The zero-order valence-corrected chi connectivity index (χ0v) is 11.0. The quantitative estimate of drug-likeness (QED) is 0.883. The predicted octanol–water partition coefficient (Wildman–Crippen LogP) is 2.17. The lowest BCUT2D eigenvalue weighted by Crippen LogP contribution is -2.35. The van der Waals surface area contributed by atoms with Crippen molar-refractivity contribution in [1.82, 2.24) is 5.32 Å². The average Bonchev–Trinajstić information content (AvgIpc) is 3.10.